The highest BCUT2D eigenvalue weighted by molar-refractivity contribution is 5.92. The van der Waals surface area contributed by atoms with Crippen LogP contribution in [0.1, 0.15) is 21.7 Å². The fraction of sp³-hybridized carbons (Fsp3) is 0.111. The number of aromatic nitrogens is 4. The van der Waals surface area contributed by atoms with E-state index in [0.717, 1.165) is 16.9 Å². The molecule has 2 N–H and O–H groups in total. The fourth-order valence-corrected chi connectivity index (χ4v) is 2.73. The van der Waals surface area contributed by atoms with E-state index in [1.165, 1.54) is 10.5 Å². The molecular formula is C18H16N5O2+. The van der Waals surface area contributed by atoms with E-state index in [2.05, 4.69) is 15.3 Å². The number of aromatic amines is 1. The van der Waals surface area contributed by atoms with Gasteiger partial charge in [-0.05, 0) is 30.7 Å². The van der Waals surface area contributed by atoms with E-state index in [1.54, 1.807) is 24.4 Å². The molecule has 0 saturated carbocycles. The number of hydrogen-bond acceptors (Lipinski definition) is 3. The first-order valence-electron chi connectivity index (χ1n) is 7.86. The van der Waals surface area contributed by atoms with Gasteiger partial charge >= 0.3 is 0 Å². The van der Waals surface area contributed by atoms with Crippen molar-refractivity contribution >= 4 is 17.2 Å². The third-order valence-corrected chi connectivity index (χ3v) is 3.95. The smallest absolute Gasteiger partial charge is 0.284 e. The molecule has 4 heterocycles. The Kier molecular flexibility index (Phi) is 3.53. The number of nitrogens with zero attached hydrogens (tertiary/aromatic N) is 3. The number of aryl methyl sites for hydroxylation is 1. The van der Waals surface area contributed by atoms with Crippen LogP contribution in [0.4, 0.5) is 0 Å². The van der Waals surface area contributed by atoms with Gasteiger partial charge in [-0.2, -0.15) is 0 Å². The SMILES string of the molecule is Cc1ccc2[nH]c(CNC(=O)c3cc(=O)n4ccccc4n3)c[n+]2c1. The number of nitrogens with one attached hydrogen (secondary N) is 2. The first-order valence-corrected chi connectivity index (χ1v) is 7.86. The van der Waals surface area contributed by atoms with Crippen LogP contribution >= 0.6 is 0 Å². The maximum absolute atomic E-state index is 12.3. The van der Waals surface area contributed by atoms with Crippen LogP contribution in [-0.2, 0) is 6.54 Å². The van der Waals surface area contributed by atoms with Gasteiger partial charge in [-0.25, -0.2) is 14.4 Å². The maximum atomic E-state index is 12.3. The molecule has 124 valence electrons. The second-order valence-electron chi connectivity index (χ2n) is 5.87. The number of H-pyrrole nitrogens is 1. The molecule has 0 bridgehead atoms. The number of hydrogen-bond donors (Lipinski definition) is 2. The molecule has 0 atom stereocenters. The molecule has 0 spiro atoms. The lowest BCUT2D eigenvalue weighted by Gasteiger charge is -2.04. The summed E-state index contributed by atoms with van der Waals surface area (Å²) in [5.74, 6) is -0.386. The molecule has 4 aromatic heterocycles. The summed E-state index contributed by atoms with van der Waals surface area (Å²) in [5.41, 5.74) is 3.21. The predicted octanol–water partition coefficient (Wildman–Crippen LogP) is 1.000. The summed E-state index contributed by atoms with van der Waals surface area (Å²) in [6, 6.07) is 10.4. The monoisotopic (exact) mass is 334 g/mol. The minimum atomic E-state index is -0.386. The highest BCUT2D eigenvalue weighted by Gasteiger charge is 2.13. The third kappa shape index (κ3) is 2.87. The molecule has 4 aromatic rings. The quantitative estimate of drug-likeness (QED) is 0.548. The van der Waals surface area contributed by atoms with Gasteiger partial charge in [0.05, 0.1) is 12.7 Å². The zero-order chi connectivity index (χ0) is 17.4. The molecule has 1 amide bonds. The van der Waals surface area contributed by atoms with Crippen LogP contribution in [0.2, 0.25) is 0 Å². The molecule has 0 aliphatic heterocycles. The van der Waals surface area contributed by atoms with Crippen LogP contribution in [0, 0.1) is 6.92 Å². The van der Waals surface area contributed by atoms with E-state index in [0.29, 0.717) is 12.2 Å². The highest BCUT2D eigenvalue weighted by Crippen LogP contribution is 2.02. The van der Waals surface area contributed by atoms with Crippen molar-refractivity contribution in [3.05, 3.63) is 82.3 Å². The zero-order valence-electron chi connectivity index (χ0n) is 13.6. The molecule has 0 aliphatic carbocycles. The molecule has 0 saturated heterocycles. The number of carbonyl (C=O) groups is 1. The van der Waals surface area contributed by atoms with Crippen molar-refractivity contribution in [2.45, 2.75) is 13.5 Å². The van der Waals surface area contributed by atoms with Crippen molar-refractivity contribution in [3.8, 4) is 0 Å². The van der Waals surface area contributed by atoms with Gasteiger partial charge in [0, 0.05) is 18.3 Å². The number of pyridine rings is 2. The van der Waals surface area contributed by atoms with Crippen molar-refractivity contribution in [1.29, 1.82) is 0 Å². The minimum absolute atomic E-state index is 0.107. The van der Waals surface area contributed by atoms with Crippen LogP contribution in [0.5, 0.6) is 0 Å². The second-order valence-corrected chi connectivity index (χ2v) is 5.87. The summed E-state index contributed by atoms with van der Waals surface area (Å²) in [6.07, 6.45) is 5.55. The van der Waals surface area contributed by atoms with E-state index < -0.39 is 0 Å². The van der Waals surface area contributed by atoms with E-state index in [1.807, 2.05) is 35.9 Å². The van der Waals surface area contributed by atoms with E-state index in [9.17, 15) is 9.59 Å². The van der Waals surface area contributed by atoms with Gasteiger partial charge in [-0.1, -0.05) is 6.07 Å². The van der Waals surface area contributed by atoms with Crippen molar-refractivity contribution < 1.29 is 9.20 Å². The van der Waals surface area contributed by atoms with Gasteiger partial charge in [0.2, 0.25) is 0 Å². The number of carbonyl (C=O) groups excluding carboxylic acids is 1. The van der Waals surface area contributed by atoms with Gasteiger partial charge in [-0.3, -0.25) is 14.0 Å². The molecule has 0 aliphatic rings. The van der Waals surface area contributed by atoms with E-state index >= 15 is 0 Å². The van der Waals surface area contributed by atoms with Crippen LogP contribution in [-0.4, -0.2) is 20.3 Å². The lowest BCUT2D eigenvalue weighted by atomic mass is 10.3. The van der Waals surface area contributed by atoms with Gasteiger partial charge < -0.3 is 5.32 Å². The Morgan fingerprint density at radius 3 is 3.04 bits per heavy atom. The predicted molar refractivity (Wildman–Crippen MR) is 91.3 cm³/mol. The van der Waals surface area contributed by atoms with Gasteiger partial charge in [0.25, 0.3) is 17.1 Å². The third-order valence-electron chi connectivity index (χ3n) is 3.95. The average molecular weight is 334 g/mol. The Morgan fingerprint density at radius 2 is 2.16 bits per heavy atom. The van der Waals surface area contributed by atoms with Crippen LogP contribution < -0.4 is 15.3 Å². The summed E-state index contributed by atoms with van der Waals surface area (Å²) in [5, 5.41) is 2.79. The average Bonchev–Trinajstić information content (AvgIpc) is 3.01. The summed E-state index contributed by atoms with van der Waals surface area (Å²) in [4.78, 5) is 31.9. The molecule has 0 radical (unpaired) electrons. The molecule has 0 aromatic carbocycles. The van der Waals surface area contributed by atoms with Crippen LogP contribution in [0.15, 0.2) is 59.8 Å². The Balaban J connectivity index is 1.56. The Hall–Kier alpha value is -3.48. The summed E-state index contributed by atoms with van der Waals surface area (Å²) in [6.45, 7) is 2.33. The molecule has 4 rings (SSSR count). The lowest BCUT2D eigenvalue weighted by molar-refractivity contribution is -0.510. The van der Waals surface area contributed by atoms with E-state index in [4.69, 9.17) is 0 Å². The molecular weight excluding hydrogens is 318 g/mol. The van der Waals surface area contributed by atoms with Crippen LogP contribution in [0.3, 0.4) is 0 Å². The number of rotatable bonds is 3. The first kappa shape index (κ1) is 15.1. The molecule has 7 nitrogen and oxygen atoms in total. The van der Waals surface area contributed by atoms with Crippen molar-refractivity contribution in [1.82, 2.24) is 19.7 Å². The topological polar surface area (TPSA) is 83.4 Å². The minimum Gasteiger partial charge on any atom is -0.343 e. The summed E-state index contributed by atoms with van der Waals surface area (Å²) >= 11 is 0. The van der Waals surface area contributed by atoms with Crippen molar-refractivity contribution in [2.75, 3.05) is 0 Å². The Bertz CT molecular complexity index is 1160. The van der Waals surface area contributed by atoms with Crippen molar-refractivity contribution in [3.63, 3.8) is 0 Å². The summed E-state index contributed by atoms with van der Waals surface area (Å²) < 4.78 is 3.37. The lowest BCUT2D eigenvalue weighted by Crippen LogP contribution is -2.27. The molecule has 25 heavy (non-hydrogen) atoms. The number of fused-ring (bicyclic) bond motifs is 2. The van der Waals surface area contributed by atoms with Crippen LogP contribution in [0.25, 0.3) is 11.3 Å². The summed E-state index contributed by atoms with van der Waals surface area (Å²) in [7, 11) is 0. The molecule has 0 unspecified atom stereocenters. The van der Waals surface area contributed by atoms with Gasteiger partial charge in [0.1, 0.15) is 17.5 Å². The number of amides is 1. The maximum Gasteiger partial charge on any atom is 0.284 e. The van der Waals surface area contributed by atoms with Crippen molar-refractivity contribution in [2.24, 2.45) is 0 Å². The first-order chi connectivity index (χ1) is 12.1. The normalized spacial score (nSPS) is 11.1. The van der Waals surface area contributed by atoms with Gasteiger partial charge in [-0.15, -0.1) is 0 Å². The molecule has 0 fully saturated rings. The molecule has 7 heteroatoms. The standard InChI is InChI=1S/C18H15N5O2/c1-12-5-6-15-20-13(11-22(15)10-12)9-19-18(25)14-8-17(24)23-7-3-2-4-16(23)21-14/h2-8,10-11H,9H2,1H3,(H,19,25)/p+1. The highest BCUT2D eigenvalue weighted by atomic mass is 16.2. The second kappa shape index (κ2) is 5.86. The van der Waals surface area contributed by atoms with Gasteiger partial charge in [0.15, 0.2) is 5.69 Å². The Labute approximate surface area is 142 Å². The fourth-order valence-electron chi connectivity index (χ4n) is 2.73. The Morgan fingerprint density at radius 1 is 1.28 bits per heavy atom. The zero-order valence-corrected chi connectivity index (χ0v) is 13.6. The number of imidazole rings is 1. The van der Waals surface area contributed by atoms with E-state index in [-0.39, 0.29) is 17.2 Å². The largest absolute Gasteiger partial charge is 0.343 e.